The van der Waals surface area contributed by atoms with Crippen LogP contribution in [-0.4, -0.2) is 65.0 Å². The van der Waals surface area contributed by atoms with Gasteiger partial charge in [-0.15, -0.1) is 0 Å². The van der Waals surface area contributed by atoms with Crippen LogP contribution in [-0.2, 0) is 29.8 Å². The molecule has 11 nitrogen and oxygen atoms in total. The first-order valence-electron chi connectivity index (χ1n) is 16.1. The Morgan fingerprint density at radius 3 is 2.10 bits per heavy atom. The van der Waals surface area contributed by atoms with E-state index >= 15 is 0 Å². The van der Waals surface area contributed by atoms with E-state index < -0.39 is 20.0 Å². The zero-order chi connectivity index (χ0) is 30.3. The minimum absolute atomic E-state index is 0.0708. The molecule has 242 valence electrons. The Labute approximate surface area is 252 Å². The van der Waals surface area contributed by atoms with Gasteiger partial charge >= 0.3 is 0 Å². The van der Waals surface area contributed by atoms with Crippen LogP contribution < -0.4 is 10.6 Å². The van der Waals surface area contributed by atoms with Crippen LogP contribution in [0.3, 0.4) is 0 Å². The van der Waals surface area contributed by atoms with E-state index in [0.717, 1.165) is 6.42 Å². The summed E-state index contributed by atoms with van der Waals surface area (Å²) < 4.78 is 36.1. The molecule has 2 rings (SSSR count). The van der Waals surface area contributed by atoms with Gasteiger partial charge < -0.3 is 38.5 Å². The Balaban J connectivity index is 1.47. The van der Waals surface area contributed by atoms with Crippen molar-refractivity contribution >= 4 is 24.6 Å². The number of hydrogen-bond acceptors (Lipinski definition) is 10. The van der Waals surface area contributed by atoms with Crippen LogP contribution in [0.1, 0.15) is 110 Å². The molecule has 0 spiro atoms. The maximum absolute atomic E-state index is 12.4. The van der Waals surface area contributed by atoms with Gasteiger partial charge in [0.05, 0.1) is 32.2 Å². The highest BCUT2D eigenvalue weighted by Crippen LogP contribution is 2.37. The summed E-state index contributed by atoms with van der Waals surface area (Å²) in [6.45, 7) is 6.36. The number of nitrogen functional groups attached to an aromatic ring is 1. The summed E-state index contributed by atoms with van der Waals surface area (Å²) in [5.41, 5.74) is 6.88. The van der Waals surface area contributed by atoms with E-state index in [1.165, 1.54) is 89.8 Å². The molecule has 2 heterocycles. The molecule has 2 aromatic rings. The van der Waals surface area contributed by atoms with Gasteiger partial charge in [0.2, 0.25) is 0 Å². The molecule has 0 bridgehead atoms. The van der Waals surface area contributed by atoms with Crippen molar-refractivity contribution in [2.75, 3.05) is 45.1 Å². The summed E-state index contributed by atoms with van der Waals surface area (Å²) in [5.74, 6) is 0.280. The average Bonchev–Trinajstić information content (AvgIpc) is 3.39. The molecule has 1 unspecified atom stereocenters. The van der Waals surface area contributed by atoms with Crippen molar-refractivity contribution in [3.05, 3.63) is 12.7 Å². The van der Waals surface area contributed by atoms with Crippen LogP contribution in [0.2, 0.25) is 0 Å². The summed E-state index contributed by atoms with van der Waals surface area (Å²) in [4.78, 5) is 24.8. The van der Waals surface area contributed by atoms with E-state index in [9.17, 15) is 9.46 Å². The van der Waals surface area contributed by atoms with Crippen LogP contribution in [0.25, 0.3) is 11.2 Å². The Hall–Kier alpha value is -1.62. The molecule has 0 aliphatic carbocycles. The minimum atomic E-state index is -4.17. The normalized spacial score (nSPS) is 14.0. The van der Waals surface area contributed by atoms with Crippen LogP contribution in [0, 0.1) is 0 Å². The van der Waals surface area contributed by atoms with Crippen LogP contribution in [0.15, 0.2) is 12.7 Å². The lowest BCUT2D eigenvalue weighted by molar-refractivity contribution is -0.206. The number of nitrogens with zero attached hydrogens (tertiary/aromatic N) is 4. The third-order valence-corrected chi connectivity index (χ3v) is 8.21. The molecule has 0 aromatic carbocycles. The van der Waals surface area contributed by atoms with Gasteiger partial charge in [-0.05, 0) is 19.8 Å². The lowest BCUT2D eigenvalue weighted by atomic mass is 10.0. The third kappa shape index (κ3) is 16.3. The summed E-state index contributed by atoms with van der Waals surface area (Å²) in [7, 11) is -4.17. The number of imidazole rings is 1. The largest absolute Gasteiger partial charge is 0.777 e. The summed E-state index contributed by atoms with van der Waals surface area (Å²) in [5, 5.41) is 0. The van der Waals surface area contributed by atoms with Crippen molar-refractivity contribution in [3.63, 3.8) is 0 Å². The van der Waals surface area contributed by atoms with Gasteiger partial charge in [-0.25, -0.2) is 15.0 Å². The molecule has 12 heteroatoms. The highest BCUT2D eigenvalue weighted by atomic mass is 31.2. The highest BCUT2D eigenvalue weighted by Gasteiger charge is 2.18. The van der Waals surface area contributed by atoms with Crippen molar-refractivity contribution < 1.29 is 28.2 Å². The second-order valence-corrected chi connectivity index (χ2v) is 12.6. The van der Waals surface area contributed by atoms with E-state index in [2.05, 4.69) is 21.9 Å². The maximum atomic E-state index is 12.4. The molecule has 2 N–H and O–H groups in total. The van der Waals surface area contributed by atoms with Gasteiger partial charge in [-0.2, -0.15) is 0 Å². The number of fused-ring (bicyclic) bond motifs is 1. The van der Waals surface area contributed by atoms with Gasteiger partial charge in [0, 0.05) is 19.8 Å². The molecule has 2 atom stereocenters. The van der Waals surface area contributed by atoms with Gasteiger partial charge in [0.25, 0.3) is 0 Å². The van der Waals surface area contributed by atoms with Gasteiger partial charge in [0.1, 0.15) is 18.2 Å². The number of ether oxygens (including phenoxy) is 3. The first-order chi connectivity index (χ1) is 20.5. The number of aromatic nitrogens is 4. The molecule has 0 saturated carbocycles. The molecule has 42 heavy (non-hydrogen) atoms. The fraction of sp³-hybridized carbons (Fsp3) is 0.833. The van der Waals surface area contributed by atoms with Gasteiger partial charge in [0.15, 0.2) is 19.1 Å². The molecule has 0 fully saturated rings. The van der Waals surface area contributed by atoms with Crippen LogP contribution in [0.5, 0.6) is 0 Å². The Kier molecular flexibility index (Phi) is 19.9. The smallest absolute Gasteiger partial charge is 0.165 e. The Morgan fingerprint density at radius 2 is 1.45 bits per heavy atom. The second kappa shape index (κ2) is 22.9. The maximum Gasteiger partial charge on any atom is 0.165 e. The number of anilines is 1. The van der Waals surface area contributed by atoms with Crippen LogP contribution >= 0.6 is 7.60 Å². The second-order valence-electron chi connectivity index (χ2n) is 10.9. The molecule has 0 amide bonds. The molecular weight excluding hydrogens is 557 g/mol. The lowest BCUT2D eigenvalue weighted by Gasteiger charge is -2.26. The molecule has 0 saturated heterocycles. The van der Waals surface area contributed by atoms with E-state index in [-0.39, 0.29) is 19.0 Å². The number of hydrogen-bond donors (Lipinski definition) is 1. The zero-order valence-corrected chi connectivity index (χ0v) is 26.9. The predicted molar refractivity (Wildman–Crippen MR) is 165 cm³/mol. The minimum Gasteiger partial charge on any atom is -0.777 e. The van der Waals surface area contributed by atoms with Crippen molar-refractivity contribution in [1.29, 1.82) is 0 Å². The first-order valence-corrected chi connectivity index (χ1v) is 17.8. The summed E-state index contributed by atoms with van der Waals surface area (Å²) in [6, 6.07) is 0. The molecule has 2 aromatic heterocycles. The fourth-order valence-corrected chi connectivity index (χ4v) is 5.63. The number of unbranched alkanes of at least 4 members (excludes halogenated alkanes) is 13. The Morgan fingerprint density at radius 1 is 0.833 bits per heavy atom. The number of nitrogens with two attached hydrogens (primary N) is 1. The Bertz CT molecular complexity index is 994. The number of rotatable bonds is 28. The fourth-order valence-electron chi connectivity index (χ4n) is 4.75. The molecule has 0 aliphatic heterocycles. The monoisotopic (exact) mass is 612 g/mol. The summed E-state index contributed by atoms with van der Waals surface area (Å²) >= 11 is 0. The van der Waals surface area contributed by atoms with Crippen molar-refractivity contribution in [1.82, 2.24) is 19.5 Å². The van der Waals surface area contributed by atoms with E-state index in [4.69, 9.17) is 24.5 Å². The SMILES string of the molecule is CCCCCCCCCCCCCCCCOCCCOP(=O)([O-])CO[C@H](COCC)Cn1cnc2c(N)ncnc21. The zero-order valence-electron chi connectivity index (χ0n) is 26.1. The highest BCUT2D eigenvalue weighted by molar-refractivity contribution is 7.51. The first kappa shape index (κ1) is 36.6. The van der Waals surface area contributed by atoms with E-state index in [0.29, 0.717) is 44.0 Å². The molecular formula is C30H55N5O6P-. The lowest BCUT2D eigenvalue weighted by Crippen LogP contribution is -2.27. The summed E-state index contributed by atoms with van der Waals surface area (Å²) in [6.07, 6.45) is 20.9. The van der Waals surface area contributed by atoms with Crippen molar-refractivity contribution in [3.8, 4) is 0 Å². The average molecular weight is 613 g/mol. The molecule has 0 radical (unpaired) electrons. The standard InChI is InChI=1S/C30H56N5O6P/c1-3-5-6-7-8-9-10-11-12-13-14-15-16-17-19-39-20-18-21-41-42(36,37)26-40-27(23-38-4-2)22-35-25-34-28-29(31)32-24-33-30(28)35/h24-25,27H,3-23,26H2,1-2H3,(H,36,37)(H2,31,32,33)/p-1/t27-/m0/s1. The van der Waals surface area contributed by atoms with Crippen LogP contribution in [0.4, 0.5) is 5.82 Å². The van der Waals surface area contributed by atoms with E-state index in [1.54, 1.807) is 10.9 Å². The van der Waals surface area contributed by atoms with E-state index in [1.807, 2.05) is 6.92 Å². The predicted octanol–water partition coefficient (Wildman–Crippen LogP) is 6.25. The van der Waals surface area contributed by atoms with Crippen molar-refractivity contribution in [2.24, 2.45) is 0 Å². The van der Waals surface area contributed by atoms with Crippen molar-refractivity contribution in [2.45, 2.75) is 123 Å². The molecule has 0 aliphatic rings. The van der Waals surface area contributed by atoms with Gasteiger partial charge in [-0.3, -0.25) is 0 Å². The quantitative estimate of drug-likeness (QED) is 0.0864. The van der Waals surface area contributed by atoms with Gasteiger partial charge in [-0.1, -0.05) is 90.4 Å². The third-order valence-electron chi connectivity index (χ3n) is 7.17. The topological polar surface area (TPSA) is 147 Å².